The van der Waals surface area contributed by atoms with Crippen molar-refractivity contribution in [2.45, 2.75) is 17.7 Å². The van der Waals surface area contributed by atoms with E-state index in [0.29, 0.717) is 30.1 Å². The molecule has 1 saturated heterocycles. The molecule has 1 heterocycles. The Kier molecular flexibility index (Phi) is 5.84. The van der Waals surface area contributed by atoms with Crippen LogP contribution >= 0.6 is 0 Å². The van der Waals surface area contributed by atoms with E-state index in [4.69, 9.17) is 4.74 Å². The van der Waals surface area contributed by atoms with E-state index in [1.165, 1.54) is 30.2 Å². The third kappa shape index (κ3) is 4.61. The van der Waals surface area contributed by atoms with Gasteiger partial charge < -0.3 is 15.0 Å². The zero-order valence-electron chi connectivity index (χ0n) is 15.3. The van der Waals surface area contributed by atoms with Crippen LogP contribution in [-0.2, 0) is 19.6 Å². The molecule has 2 aromatic rings. The van der Waals surface area contributed by atoms with Crippen LogP contribution in [0.2, 0.25) is 0 Å². The fourth-order valence-electron chi connectivity index (χ4n) is 2.92. The maximum absolute atomic E-state index is 12.7. The Morgan fingerprint density at radius 1 is 1.18 bits per heavy atom. The molecule has 3 rings (SSSR count). The lowest BCUT2D eigenvalue weighted by molar-refractivity contribution is -0.131. The van der Waals surface area contributed by atoms with Gasteiger partial charge in [0, 0.05) is 18.7 Å². The number of sulfonamides is 1. The Hall–Kier alpha value is -3.07. The van der Waals surface area contributed by atoms with E-state index in [2.05, 4.69) is 10.0 Å². The summed E-state index contributed by atoms with van der Waals surface area (Å²) in [6.45, 7) is 0.513. The van der Waals surface area contributed by atoms with E-state index in [-0.39, 0.29) is 23.3 Å². The van der Waals surface area contributed by atoms with Gasteiger partial charge in [0.05, 0.1) is 24.2 Å². The number of para-hydroxylation sites is 2. The van der Waals surface area contributed by atoms with Gasteiger partial charge in [-0.3, -0.25) is 14.3 Å². The van der Waals surface area contributed by atoms with Crippen molar-refractivity contribution in [3.8, 4) is 5.75 Å². The summed E-state index contributed by atoms with van der Waals surface area (Å²) in [7, 11) is -2.43. The van der Waals surface area contributed by atoms with E-state index in [9.17, 15) is 18.0 Å². The van der Waals surface area contributed by atoms with Crippen molar-refractivity contribution in [3.05, 3.63) is 48.5 Å². The van der Waals surface area contributed by atoms with Crippen molar-refractivity contribution in [1.82, 2.24) is 4.90 Å². The zero-order chi connectivity index (χ0) is 20.1. The molecular formula is C19H21N3O5S. The Bertz CT molecular complexity index is 991. The standard InChI is InChI=1S/C19H21N3O5S/c1-27-17-9-3-2-8-16(17)21-28(25,26)15-7-4-6-14(12-15)20-18(23)13-22-11-5-10-19(22)24/h2-4,6-9,12,21H,5,10-11,13H2,1H3,(H,20,23). The summed E-state index contributed by atoms with van der Waals surface area (Å²) in [5.74, 6) is -0.0271. The van der Waals surface area contributed by atoms with Crippen molar-refractivity contribution in [2.75, 3.05) is 30.2 Å². The minimum absolute atomic E-state index is 0.00606. The monoisotopic (exact) mass is 403 g/mol. The van der Waals surface area contributed by atoms with E-state index < -0.39 is 10.0 Å². The lowest BCUT2D eigenvalue weighted by Gasteiger charge is -2.15. The molecule has 1 aliphatic heterocycles. The van der Waals surface area contributed by atoms with Crippen LogP contribution in [0.4, 0.5) is 11.4 Å². The van der Waals surface area contributed by atoms with Gasteiger partial charge in [-0.05, 0) is 36.8 Å². The maximum Gasteiger partial charge on any atom is 0.262 e. The molecule has 2 aromatic carbocycles. The maximum atomic E-state index is 12.7. The third-order valence-corrected chi connectivity index (χ3v) is 5.65. The zero-order valence-corrected chi connectivity index (χ0v) is 16.2. The molecule has 0 aromatic heterocycles. The number of hydrogen-bond acceptors (Lipinski definition) is 5. The highest BCUT2D eigenvalue weighted by Gasteiger charge is 2.22. The minimum Gasteiger partial charge on any atom is -0.495 e. The number of likely N-dealkylation sites (tertiary alicyclic amines) is 1. The summed E-state index contributed by atoms with van der Waals surface area (Å²) in [6.07, 6.45) is 1.20. The topological polar surface area (TPSA) is 105 Å². The molecule has 1 fully saturated rings. The second-order valence-corrected chi connectivity index (χ2v) is 7.98. The summed E-state index contributed by atoms with van der Waals surface area (Å²) < 4.78 is 33.0. The molecule has 8 nitrogen and oxygen atoms in total. The summed E-state index contributed by atoms with van der Waals surface area (Å²) >= 11 is 0. The van der Waals surface area contributed by atoms with Crippen molar-refractivity contribution in [3.63, 3.8) is 0 Å². The van der Waals surface area contributed by atoms with Gasteiger partial charge in [0.25, 0.3) is 10.0 Å². The molecular weight excluding hydrogens is 382 g/mol. The van der Waals surface area contributed by atoms with Crippen molar-refractivity contribution >= 4 is 33.2 Å². The van der Waals surface area contributed by atoms with Gasteiger partial charge >= 0.3 is 0 Å². The molecule has 0 spiro atoms. The van der Waals surface area contributed by atoms with Crippen LogP contribution < -0.4 is 14.8 Å². The van der Waals surface area contributed by atoms with Crippen LogP contribution in [0.15, 0.2) is 53.4 Å². The lowest BCUT2D eigenvalue weighted by Crippen LogP contribution is -2.34. The summed E-state index contributed by atoms with van der Waals surface area (Å²) in [6, 6.07) is 12.6. The second-order valence-electron chi connectivity index (χ2n) is 6.30. The molecule has 0 atom stereocenters. The summed E-state index contributed by atoms with van der Waals surface area (Å²) in [5, 5.41) is 2.64. The molecule has 0 bridgehead atoms. The Morgan fingerprint density at radius 3 is 2.68 bits per heavy atom. The normalized spacial score (nSPS) is 14.0. The number of carbonyl (C=O) groups is 2. The lowest BCUT2D eigenvalue weighted by atomic mass is 10.3. The molecule has 1 aliphatic rings. The number of carbonyl (C=O) groups excluding carboxylic acids is 2. The van der Waals surface area contributed by atoms with E-state index >= 15 is 0 Å². The summed E-state index contributed by atoms with van der Waals surface area (Å²) in [4.78, 5) is 25.3. The van der Waals surface area contributed by atoms with Crippen molar-refractivity contribution < 1.29 is 22.7 Å². The first-order valence-electron chi connectivity index (χ1n) is 8.72. The molecule has 0 unspecified atom stereocenters. The van der Waals surface area contributed by atoms with E-state index in [0.717, 1.165) is 6.42 Å². The number of methoxy groups -OCH3 is 1. The van der Waals surface area contributed by atoms with Gasteiger partial charge in [-0.1, -0.05) is 18.2 Å². The summed E-state index contributed by atoms with van der Waals surface area (Å²) in [5.41, 5.74) is 0.645. The number of benzene rings is 2. The molecule has 2 N–H and O–H groups in total. The van der Waals surface area contributed by atoms with Gasteiger partial charge in [-0.15, -0.1) is 0 Å². The molecule has 9 heteroatoms. The van der Waals surface area contributed by atoms with Crippen LogP contribution in [-0.4, -0.2) is 45.3 Å². The average molecular weight is 403 g/mol. The van der Waals surface area contributed by atoms with Gasteiger partial charge in [0.1, 0.15) is 5.75 Å². The van der Waals surface area contributed by atoms with Gasteiger partial charge in [0.2, 0.25) is 11.8 Å². The quantitative estimate of drug-likeness (QED) is 0.736. The smallest absolute Gasteiger partial charge is 0.262 e. The Labute approximate surface area is 163 Å². The Balaban J connectivity index is 1.72. The van der Waals surface area contributed by atoms with Crippen LogP contribution in [0.3, 0.4) is 0 Å². The van der Waals surface area contributed by atoms with Crippen LogP contribution in [0.5, 0.6) is 5.75 Å². The molecule has 0 aliphatic carbocycles. The molecule has 28 heavy (non-hydrogen) atoms. The van der Waals surface area contributed by atoms with Crippen molar-refractivity contribution in [1.29, 1.82) is 0 Å². The first kappa shape index (κ1) is 19.7. The van der Waals surface area contributed by atoms with Crippen LogP contribution in [0.25, 0.3) is 0 Å². The van der Waals surface area contributed by atoms with E-state index in [1.54, 1.807) is 30.3 Å². The SMILES string of the molecule is COc1ccccc1NS(=O)(=O)c1cccc(NC(=O)CN2CCCC2=O)c1. The van der Waals surface area contributed by atoms with Gasteiger partial charge in [-0.25, -0.2) is 8.42 Å². The van der Waals surface area contributed by atoms with Crippen molar-refractivity contribution in [2.24, 2.45) is 0 Å². The predicted octanol–water partition coefficient (Wildman–Crippen LogP) is 2.06. The molecule has 148 valence electrons. The third-order valence-electron chi connectivity index (χ3n) is 4.29. The molecule has 0 radical (unpaired) electrons. The second kappa shape index (κ2) is 8.30. The highest BCUT2D eigenvalue weighted by Crippen LogP contribution is 2.26. The Morgan fingerprint density at radius 2 is 1.96 bits per heavy atom. The van der Waals surface area contributed by atoms with Crippen LogP contribution in [0.1, 0.15) is 12.8 Å². The van der Waals surface area contributed by atoms with Gasteiger partial charge in [0.15, 0.2) is 0 Å². The predicted molar refractivity (Wildman–Crippen MR) is 105 cm³/mol. The highest BCUT2D eigenvalue weighted by molar-refractivity contribution is 7.92. The molecule has 0 saturated carbocycles. The number of nitrogens with zero attached hydrogens (tertiary/aromatic N) is 1. The van der Waals surface area contributed by atoms with Crippen LogP contribution in [0, 0.1) is 0 Å². The first-order valence-corrected chi connectivity index (χ1v) is 10.2. The number of hydrogen-bond donors (Lipinski definition) is 2. The number of nitrogens with one attached hydrogen (secondary N) is 2. The fourth-order valence-corrected chi connectivity index (χ4v) is 4.03. The van der Waals surface area contributed by atoms with E-state index in [1.807, 2.05) is 0 Å². The number of ether oxygens (including phenoxy) is 1. The largest absolute Gasteiger partial charge is 0.495 e. The number of anilines is 2. The van der Waals surface area contributed by atoms with Gasteiger partial charge in [-0.2, -0.15) is 0 Å². The highest BCUT2D eigenvalue weighted by atomic mass is 32.2. The average Bonchev–Trinajstić information content (AvgIpc) is 3.06. The fraction of sp³-hybridized carbons (Fsp3) is 0.263. The minimum atomic E-state index is -3.88. The molecule has 2 amide bonds. The number of rotatable bonds is 7. The first-order chi connectivity index (χ1) is 13.4. The number of amides is 2.